The number of anilines is 2. The zero-order chi connectivity index (χ0) is 18.7. The van der Waals surface area contributed by atoms with E-state index in [9.17, 15) is 4.79 Å². The van der Waals surface area contributed by atoms with E-state index < -0.39 is 5.97 Å². The lowest BCUT2D eigenvalue weighted by Gasteiger charge is -2.11. The van der Waals surface area contributed by atoms with E-state index in [1.165, 1.54) is 0 Å². The molecule has 132 valence electrons. The van der Waals surface area contributed by atoms with Gasteiger partial charge in [0.1, 0.15) is 5.82 Å². The summed E-state index contributed by atoms with van der Waals surface area (Å²) >= 11 is 0. The minimum atomic E-state index is -0.929. The van der Waals surface area contributed by atoms with Crippen molar-refractivity contribution in [3.63, 3.8) is 0 Å². The third-order valence-corrected chi connectivity index (χ3v) is 4.28. The molecule has 6 heteroatoms. The minimum Gasteiger partial charge on any atom is -0.478 e. The molecule has 0 aliphatic heterocycles. The lowest BCUT2D eigenvalue weighted by molar-refractivity contribution is 0.0697. The van der Waals surface area contributed by atoms with E-state index in [0.717, 1.165) is 34.4 Å². The predicted molar refractivity (Wildman–Crippen MR) is 102 cm³/mol. The van der Waals surface area contributed by atoms with Crippen LogP contribution in [0.1, 0.15) is 34.1 Å². The van der Waals surface area contributed by atoms with Gasteiger partial charge in [-0.1, -0.05) is 43.3 Å². The Morgan fingerprint density at radius 3 is 2.08 bits per heavy atom. The molecule has 3 rings (SSSR count). The van der Waals surface area contributed by atoms with Gasteiger partial charge >= 0.3 is 5.97 Å². The molecule has 0 aliphatic carbocycles. The molecule has 3 aromatic rings. The number of aryl methyl sites for hydroxylation is 1. The number of carboxylic acids is 1. The Labute approximate surface area is 151 Å². The van der Waals surface area contributed by atoms with E-state index in [0.29, 0.717) is 12.2 Å². The van der Waals surface area contributed by atoms with Crippen molar-refractivity contribution in [2.24, 2.45) is 0 Å². The first-order valence-corrected chi connectivity index (χ1v) is 8.31. The van der Waals surface area contributed by atoms with Gasteiger partial charge in [0.05, 0.1) is 11.3 Å². The zero-order valence-electron chi connectivity index (χ0n) is 14.4. The Balaban J connectivity index is 1.83. The number of rotatable bonds is 5. The maximum absolute atomic E-state index is 10.9. The number of carbonyl (C=O) groups is 1. The van der Waals surface area contributed by atoms with Crippen molar-refractivity contribution < 1.29 is 9.90 Å². The van der Waals surface area contributed by atoms with Gasteiger partial charge < -0.3 is 16.6 Å². The number of aromatic carboxylic acids is 1. The maximum atomic E-state index is 10.9. The van der Waals surface area contributed by atoms with Crippen molar-refractivity contribution >= 4 is 17.7 Å². The van der Waals surface area contributed by atoms with Gasteiger partial charge in [-0.05, 0) is 35.2 Å². The summed E-state index contributed by atoms with van der Waals surface area (Å²) in [4.78, 5) is 19.3. The van der Waals surface area contributed by atoms with Crippen LogP contribution in [0.5, 0.6) is 0 Å². The molecule has 5 N–H and O–H groups in total. The summed E-state index contributed by atoms with van der Waals surface area (Å²) in [5.41, 5.74) is 16.8. The second kappa shape index (κ2) is 7.23. The highest BCUT2D eigenvalue weighted by atomic mass is 16.4. The quantitative estimate of drug-likeness (QED) is 0.652. The summed E-state index contributed by atoms with van der Waals surface area (Å²) in [5, 5.41) is 8.98. The highest BCUT2D eigenvalue weighted by Crippen LogP contribution is 2.24. The fourth-order valence-electron chi connectivity index (χ4n) is 2.88. The number of nitrogens with two attached hydrogens (primary N) is 2. The van der Waals surface area contributed by atoms with Crippen LogP contribution in [0.25, 0.3) is 11.1 Å². The highest BCUT2D eigenvalue weighted by Gasteiger charge is 2.11. The number of hydrogen-bond acceptors (Lipinski definition) is 5. The molecule has 1 aromatic heterocycles. The van der Waals surface area contributed by atoms with E-state index in [-0.39, 0.29) is 11.5 Å². The number of hydrogen-bond donors (Lipinski definition) is 3. The van der Waals surface area contributed by atoms with Crippen molar-refractivity contribution in [3.05, 3.63) is 70.9 Å². The SMILES string of the molecule is CCc1nc(N)nc(N)c1Cc1ccc(-c2ccc(C(=O)O)cc2)cc1. The van der Waals surface area contributed by atoms with Gasteiger partial charge in [-0.3, -0.25) is 0 Å². The molecule has 0 unspecified atom stereocenters. The molecule has 0 saturated carbocycles. The van der Waals surface area contributed by atoms with Crippen LogP contribution in [0.4, 0.5) is 11.8 Å². The maximum Gasteiger partial charge on any atom is 0.335 e. The van der Waals surface area contributed by atoms with Gasteiger partial charge in [-0.2, -0.15) is 4.98 Å². The number of benzene rings is 2. The number of nitrogen functional groups attached to an aromatic ring is 2. The summed E-state index contributed by atoms with van der Waals surface area (Å²) in [6, 6.07) is 14.9. The summed E-state index contributed by atoms with van der Waals surface area (Å²) in [7, 11) is 0. The van der Waals surface area contributed by atoms with E-state index >= 15 is 0 Å². The van der Waals surface area contributed by atoms with Crippen LogP contribution in [0, 0.1) is 0 Å². The first-order chi connectivity index (χ1) is 12.5. The van der Waals surface area contributed by atoms with Crippen molar-refractivity contribution in [2.45, 2.75) is 19.8 Å². The number of aromatic nitrogens is 2. The Kier molecular flexibility index (Phi) is 4.84. The molecular formula is C20H20N4O2. The van der Waals surface area contributed by atoms with Crippen molar-refractivity contribution in [3.8, 4) is 11.1 Å². The summed E-state index contributed by atoms with van der Waals surface area (Å²) < 4.78 is 0. The van der Waals surface area contributed by atoms with Crippen LogP contribution in [-0.4, -0.2) is 21.0 Å². The van der Waals surface area contributed by atoms with Crippen molar-refractivity contribution in [1.82, 2.24) is 9.97 Å². The Morgan fingerprint density at radius 2 is 1.54 bits per heavy atom. The second-order valence-corrected chi connectivity index (χ2v) is 6.00. The number of carboxylic acid groups (broad SMARTS) is 1. The van der Waals surface area contributed by atoms with Gasteiger partial charge in [-0.25, -0.2) is 9.78 Å². The summed E-state index contributed by atoms with van der Waals surface area (Å²) in [6.07, 6.45) is 1.37. The molecule has 0 saturated heterocycles. The Morgan fingerprint density at radius 1 is 0.962 bits per heavy atom. The lowest BCUT2D eigenvalue weighted by atomic mass is 9.98. The first-order valence-electron chi connectivity index (χ1n) is 8.31. The van der Waals surface area contributed by atoms with Gasteiger partial charge in [0.25, 0.3) is 0 Å². The normalized spacial score (nSPS) is 10.7. The van der Waals surface area contributed by atoms with Crippen molar-refractivity contribution in [2.75, 3.05) is 11.5 Å². The lowest BCUT2D eigenvalue weighted by Crippen LogP contribution is -2.09. The monoisotopic (exact) mass is 348 g/mol. The van der Waals surface area contributed by atoms with Gasteiger partial charge in [0, 0.05) is 12.0 Å². The van der Waals surface area contributed by atoms with Gasteiger partial charge in [-0.15, -0.1) is 0 Å². The molecule has 2 aromatic carbocycles. The molecule has 0 radical (unpaired) electrons. The van der Waals surface area contributed by atoms with Crippen LogP contribution in [0.3, 0.4) is 0 Å². The fraction of sp³-hybridized carbons (Fsp3) is 0.150. The third kappa shape index (κ3) is 3.64. The van der Waals surface area contributed by atoms with E-state index in [1.54, 1.807) is 24.3 Å². The van der Waals surface area contributed by atoms with Gasteiger partial charge in [0.2, 0.25) is 5.95 Å². The van der Waals surface area contributed by atoms with Crippen LogP contribution < -0.4 is 11.5 Å². The van der Waals surface area contributed by atoms with Crippen LogP contribution in [-0.2, 0) is 12.8 Å². The average molecular weight is 348 g/mol. The minimum absolute atomic E-state index is 0.197. The third-order valence-electron chi connectivity index (χ3n) is 4.28. The highest BCUT2D eigenvalue weighted by molar-refractivity contribution is 5.88. The second-order valence-electron chi connectivity index (χ2n) is 6.00. The smallest absolute Gasteiger partial charge is 0.335 e. The van der Waals surface area contributed by atoms with E-state index in [2.05, 4.69) is 9.97 Å². The predicted octanol–water partition coefficient (Wildman–Crippen LogP) is 3.16. The van der Waals surface area contributed by atoms with Crippen molar-refractivity contribution in [1.29, 1.82) is 0 Å². The summed E-state index contributed by atoms with van der Waals surface area (Å²) in [6.45, 7) is 2.01. The molecule has 1 heterocycles. The van der Waals surface area contributed by atoms with Crippen LogP contribution in [0.2, 0.25) is 0 Å². The summed E-state index contributed by atoms with van der Waals surface area (Å²) in [5.74, 6) is -0.312. The molecule has 0 amide bonds. The molecule has 0 aliphatic rings. The molecule has 6 nitrogen and oxygen atoms in total. The molecule has 26 heavy (non-hydrogen) atoms. The first kappa shape index (κ1) is 17.4. The molecule has 0 fully saturated rings. The largest absolute Gasteiger partial charge is 0.478 e. The topological polar surface area (TPSA) is 115 Å². The standard InChI is InChI=1S/C20H20N4O2/c1-2-17-16(18(21)24-20(22)23-17)11-12-3-5-13(6-4-12)14-7-9-15(10-8-14)19(25)26/h3-10H,2,11H2,1H3,(H,25,26)(H4,21,22,23,24). The number of nitrogens with zero attached hydrogens (tertiary/aromatic N) is 2. The van der Waals surface area contributed by atoms with Crippen LogP contribution >= 0.6 is 0 Å². The molecule has 0 spiro atoms. The molecule has 0 bridgehead atoms. The average Bonchev–Trinajstić information content (AvgIpc) is 2.64. The van der Waals surface area contributed by atoms with E-state index in [1.807, 2.05) is 31.2 Å². The Hall–Kier alpha value is -3.41. The van der Waals surface area contributed by atoms with Gasteiger partial charge in [0.15, 0.2) is 0 Å². The molecular weight excluding hydrogens is 328 g/mol. The molecule has 0 atom stereocenters. The van der Waals surface area contributed by atoms with Crippen LogP contribution in [0.15, 0.2) is 48.5 Å². The fourth-order valence-corrected chi connectivity index (χ4v) is 2.88. The zero-order valence-corrected chi connectivity index (χ0v) is 14.4. The van der Waals surface area contributed by atoms with E-state index in [4.69, 9.17) is 16.6 Å². The Bertz CT molecular complexity index is 935.